The zero-order valence-electron chi connectivity index (χ0n) is 14.0. The molecular weight excluding hydrogens is 317 g/mol. The van der Waals surface area contributed by atoms with Crippen molar-refractivity contribution in [3.8, 4) is 6.07 Å². The Kier molecular flexibility index (Phi) is 5.30. The molecule has 1 saturated heterocycles. The van der Waals surface area contributed by atoms with Gasteiger partial charge < -0.3 is 9.80 Å². The second-order valence-electron chi connectivity index (χ2n) is 6.15. The molecule has 1 aliphatic heterocycles. The predicted octanol–water partition coefficient (Wildman–Crippen LogP) is 2.98. The molecule has 0 radical (unpaired) electrons. The minimum Gasteiger partial charge on any atom is -0.368 e. The Morgan fingerprint density at radius 2 is 1.64 bits per heavy atom. The van der Waals surface area contributed by atoms with E-state index in [0.717, 1.165) is 24.3 Å². The number of halogens is 1. The standard InChI is InChI=1S/C20H20FN3O/c21-18-6-8-19(9-7-18)23-11-13-24(14-12-23)20(25)10-5-16-1-3-17(15-22)4-2-16/h1-4,6-9H,5,10-14H2. The normalized spacial score (nSPS) is 14.2. The molecule has 1 amide bonds. The van der Waals surface area contributed by atoms with Crippen LogP contribution in [0.25, 0.3) is 0 Å². The lowest BCUT2D eigenvalue weighted by Crippen LogP contribution is -2.48. The summed E-state index contributed by atoms with van der Waals surface area (Å²) in [6.07, 6.45) is 1.16. The van der Waals surface area contributed by atoms with Gasteiger partial charge in [0.05, 0.1) is 11.6 Å². The van der Waals surface area contributed by atoms with Gasteiger partial charge in [-0.15, -0.1) is 0 Å². The van der Waals surface area contributed by atoms with Crippen molar-refractivity contribution in [2.75, 3.05) is 31.1 Å². The first-order chi connectivity index (χ1) is 12.2. The number of nitriles is 1. The van der Waals surface area contributed by atoms with Crippen molar-refractivity contribution in [1.29, 1.82) is 5.26 Å². The van der Waals surface area contributed by atoms with Gasteiger partial charge in [-0.1, -0.05) is 12.1 Å². The molecule has 0 aliphatic carbocycles. The SMILES string of the molecule is N#Cc1ccc(CCC(=O)N2CCN(c3ccc(F)cc3)CC2)cc1. The van der Waals surface area contributed by atoms with E-state index in [1.54, 1.807) is 24.3 Å². The number of aryl methyl sites for hydroxylation is 1. The van der Waals surface area contributed by atoms with Gasteiger partial charge in [-0.05, 0) is 48.4 Å². The summed E-state index contributed by atoms with van der Waals surface area (Å²) in [5, 5.41) is 8.80. The third kappa shape index (κ3) is 4.36. The van der Waals surface area contributed by atoms with E-state index in [4.69, 9.17) is 5.26 Å². The predicted molar refractivity (Wildman–Crippen MR) is 94.7 cm³/mol. The summed E-state index contributed by atoms with van der Waals surface area (Å²) in [5.41, 5.74) is 2.69. The van der Waals surface area contributed by atoms with Crippen LogP contribution in [-0.4, -0.2) is 37.0 Å². The number of anilines is 1. The lowest BCUT2D eigenvalue weighted by molar-refractivity contribution is -0.131. The highest BCUT2D eigenvalue weighted by atomic mass is 19.1. The van der Waals surface area contributed by atoms with Crippen LogP contribution in [0, 0.1) is 17.1 Å². The summed E-state index contributed by atoms with van der Waals surface area (Å²) in [6, 6.07) is 15.9. The van der Waals surface area contributed by atoms with Crippen LogP contribution in [0.4, 0.5) is 10.1 Å². The molecule has 2 aromatic rings. The number of hydrogen-bond acceptors (Lipinski definition) is 3. The first-order valence-corrected chi connectivity index (χ1v) is 8.43. The van der Waals surface area contributed by atoms with Crippen LogP contribution < -0.4 is 4.90 Å². The fraction of sp³-hybridized carbons (Fsp3) is 0.300. The summed E-state index contributed by atoms with van der Waals surface area (Å²) in [6.45, 7) is 2.88. The highest BCUT2D eigenvalue weighted by Crippen LogP contribution is 2.17. The number of benzene rings is 2. The van der Waals surface area contributed by atoms with E-state index in [0.29, 0.717) is 31.5 Å². The van der Waals surface area contributed by atoms with E-state index in [9.17, 15) is 9.18 Å². The molecule has 2 aromatic carbocycles. The number of piperazine rings is 1. The highest BCUT2D eigenvalue weighted by molar-refractivity contribution is 5.76. The Hall–Kier alpha value is -2.87. The number of rotatable bonds is 4. The highest BCUT2D eigenvalue weighted by Gasteiger charge is 2.21. The molecule has 0 aromatic heterocycles. The Labute approximate surface area is 147 Å². The largest absolute Gasteiger partial charge is 0.368 e. The summed E-state index contributed by atoms with van der Waals surface area (Å²) >= 11 is 0. The van der Waals surface area contributed by atoms with Gasteiger partial charge in [0.1, 0.15) is 5.82 Å². The fourth-order valence-corrected chi connectivity index (χ4v) is 3.02. The van der Waals surface area contributed by atoms with Crippen molar-refractivity contribution in [2.45, 2.75) is 12.8 Å². The Balaban J connectivity index is 1.48. The molecule has 1 fully saturated rings. The zero-order valence-corrected chi connectivity index (χ0v) is 14.0. The molecule has 3 rings (SSSR count). The lowest BCUT2D eigenvalue weighted by Gasteiger charge is -2.36. The average molecular weight is 337 g/mol. The molecule has 4 nitrogen and oxygen atoms in total. The molecule has 5 heteroatoms. The second kappa shape index (κ2) is 7.80. The Bertz CT molecular complexity index is 757. The summed E-state index contributed by atoms with van der Waals surface area (Å²) in [7, 11) is 0. The van der Waals surface area contributed by atoms with Crippen LogP contribution >= 0.6 is 0 Å². The number of amides is 1. The molecule has 0 atom stereocenters. The molecule has 0 N–H and O–H groups in total. The van der Waals surface area contributed by atoms with Gasteiger partial charge in [-0.3, -0.25) is 4.79 Å². The summed E-state index contributed by atoms with van der Waals surface area (Å²) < 4.78 is 13.0. The van der Waals surface area contributed by atoms with Crippen LogP contribution in [0.3, 0.4) is 0 Å². The van der Waals surface area contributed by atoms with Gasteiger partial charge in [0.25, 0.3) is 0 Å². The van der Waals surface area contributed by atoms with E-state index in [-0.39, 0.29) is 11.7 Å². The van der Waals surface area contributed by atoms with Crippen LogP contribution in [-0.2, 0) is 11.2 Å². The second-order valence-corrected chi connectivity index (χ2v) is 6.15. The molecule has 0 unspecified atom stereocenters. The number of carbonyl (C=O) groups is 1. The maximum atomic E-state index is 13.0. The Morgan fingerprint density at radius 1 is 1.00 bits per heavy atom. The molecule has 1 aliphatic rings. The number of hydrogen-bond donors (Lipinski definition) is 0. The van der Waals surface area contributed by atoms with Gasteiger partial charge in [0.2, 0.25) is 5.91 Å². The van der Waals surface area contributed by atoms with Crippen molar-refractivity contribution in [3.63, 3.8) is 0 Å². The van der Waals surface area contributed by atoms with E-state index in [1.807, 2.05) is 17.0 Å². The van der Waals surface area contributed by atoms with Gasteiger partial charge in [-0.2, -0.15) is 5.26 Å². The van der Waals surface area contributed by atoms with Crippen LogP contribution in [0.1, 0.15) is 17.5 Å². The molecule has 0 saturated carbocycles. The molecule has 25 heavy (non-hydrogen) atoms. The third-order valence-electron chi connectivity index (χ3n) is 4.53. The first-order valence-electron chi connectivity index (χ1n) is 8.43. The van der Waals surface area contributed by atoms with Crippen molar-refractivity contribution < 1.29 is 9.18 Å². The molecular formula is C20H20FN3O. The first kappa shape index (κ1) is 17.0. The van der Waals surface area contributed by atoms with E-state index >= 15 is 0 Å². The maximum absolute atomic E-state index is 13.0. The van der Waals surface area contributed by atoms with Crippen molar-refractivity contribution >= 4 is 11.6 Å². The van der Waals surface area contributed by atoms with Crippen LogP contribution in [0.5, 0.6) is 0 Å². The minimum absolute atomic E-state index is 0.156. The van der Waals surface area contributed by atoms with Gasteiger partial charge in [0.15, 0.2) is 0 Å². The van der Waals surface area contributed by atoms with E-state index in [2.05, 4.69) is 11.0 Å². The lowest BCUT2D eigenvalue weighted by atomic mass is 10.1. The number of nitrogens with zero attached hydrogens (tertiary/aromatic N) is 3. The summed E-state index contributed by atoms with van der Waals surface area (Å²) in [5.74, 6) is -0.0801. The van der Waals surface area contributed by atoms with Gasteiger partial charge in [-0.25, -0.2) is 4.39 Å². The minimum atomic E-state index is -0.236. The van der Waals surface area contributed by atoms with Gasteiger partial charge >= 0.3 is 0 Å². The van der Waals surface area contributed by atoms with Crippen molar-refractivity contribution in [1.82, 2.24) is 4.90 Å². The van der Waals surface area contributed by atoms with E-state index < -0.39 is 0 Å². The smallest absolute Gasteiger partial charge is 0.223 e. The Morgan fingerprint density at radius 3 is 2.24 bits per heavy atom. The average Bonchev–Trinajstić information content (AvgIpc) is 2.67. The molecule has 1 heterocycles. The van der Waals surface area contributed by atoms with E-state index in [1.165, 1.54) is 12.1 Å². The zero-order chi connectivity index (χ0) is 17.6. The number of carbonyl (C=O) groups excluding carboxylic acids is 1. The molecule has 0 bridgehead atoms. The maximum Gasteiger partial charge on any atom is 0.223 e. The summed E-state index contributed by atoms with van der Waals surface area (Å²) in [4.78, 5) is 16.5. The third-order valence-corrected chi connectivity index (χ3v) is 4.53. The van der Waals surface area contributed by atoms with Crippen molar-refractivity contribution in [2.24, 2.45) is 0 Å². The quantitative estimate of drug-likeness (QED) is 0.862. The molecule has 0 spiro atoms. The fourth-order valence-electron chi connectivity index (χ4n) is 3.02. The topological polar surface area (TPSA) is 47.3 Å². The van der Waals surface area contributed by atoms with Crippen LogP contribution in [0.15, 0.2) is 48.5 Å². The van der Waals surface area contributed by atoms with Gasteiger partial charge in [0, 0.05) is 38.3 Å². The monoisotopic (exact) mass is 337 g/mol. The van der Waals surface area contributed by atoms with Crippen LogP contribution in [0.2, 0.25) is 0 Å². The van der Waals surface area contributed by atoms with Crippen molar-refractivity contribution in [3.05, 3.63) is 65.5 Å². The molecule has 128 valence electrons.